The van der Waals surface area contributed by atoms with Gasteiger partial charge in [-0.1, -0.05) is 53.7 Å². The number of halogens is 1. The Bertz CT molecular complexity index is 1280. The van der Waals surface area contributed by atoms with E-state index in [0.717, 1.165) is 25.8 Å². The molecule has 2 amide bonds. The minimum Gasteiger partial charge on any atom is -0.492 e. The van der Waals surface area contributed by atoms with E-state index in [1.54, 1.807) is 24.3 Å². The number of carbonyl (C=O) groups is 2. The van der Waals surface area contributed by atoms with Crippen LogP contribution in [0, 0.1) is 0 Å². The Morgan fingerprint density at radius 1 is 1.00 bits per heavy atom. The molecular weight excluding hydrogens is 502 g/mol. The third-order valence-electron chi connectivity index (χ3n) is 4.97. The largest absolute Gasteiger partial charge is 0.492 e. The fourth-order valence-electron chi connectivity index (χ4n) is 3.24. The van der Waals surface area contributed by atoms with E-state index in [1.165, 1.54) is 23.1 Å². The molecule has 1 heterocycles. The van der Waals surface area contributed by atoms with Crippen LogP contribution in [0.25, 0.3) is 10.2 Å². The summed E-state index contributed by atoms with van der Waals surface area (Å²) < 4.78 is 7.34. The van der Waals surface area contributed by atoms with Gasteiger partial charge in [0.1, 0.15) is 12.4 Å². The fraction of sp³-hybridized carbons (Fsp3) is 0.192. The molecule has 35 heavy (non-hydrogen) atoms. The number of rotatable bonds is 11. The van der Waals surface area contributed by atoms with Crippen molar-refractivity contribution in [3.8, 4) is 5.75 Å². The van der Waals surface area contributed by atoms with Gasteiger partial charge in [-0.15, -0.1) is 11.3 Å². The van der Waals surface area contributed by atoms with Gasteiger partial charge in [0.05, 0.1) is 22.5 Å². The summed E-state index contributed by atoms with van der Waals surface area (Å²) in [6, 6.07) is 22.7. The third-order valence-corrected chi connectivity index (χ3v) is 7.38. The number of ether oxygens (including phenoxy) is 1. The van der Waals surface area contributed by atoms with Crippen LogP contribution in [-0.4, -0.2) is 35.7 Å². The Balaban J connectivity index is 1.20. The van der Waals surface area contributed by atoms with Crippen molar-refractivity contribution >= 4 is 62.4 Å². The number of anilines is 1. The summed E-state index contributed by atoms with van der Waals surface area (Å²) in [7, 11) is 0. The van der Waals surface area contributed by atoms with Crippen molar-refractivity contribution in [2.45, 2.75) is 17.2 Å². The maximum absolute atomic E-state index is 12.3. The minimum absolute atomic E-state index is 0.0240. The van der Waals surface area contributed by atoms with Crippen molar-refractivity contribution in [2.75, 3.05) is 24.2 Å². The smallest absolute Gasteiger partial charge is 0.230 e. The lowest BCUT2D eigenvalue weighted by atomic mass is 10.1. The topological polar surface area (TPSA) is 80.3 Å². The van der Waals surface area contributed by atoms with Crippen molar-refractivity contribution in [3.05, 3.63) is 83.4 Å². The number of aromatic nitrogens is 1. The van der Waals surface area contributed by atoms with Gasteiger partial charge in [0.2, 0.25) is 11.8 Å². The molecule has 0 saturated heterocycles. The van der Waals surface area contributed by atoms with Gasteiger partial charge in [0.15, 0.2) is 4.34 Å². The zero-order valence-corrected chi connectivity index (χ0v) is 21.2. The van der Waals surface area contributed by atoms with Gasteiger partial charge in [-0.25, -0.2) is 4.98 Å². The van der Waals surface area contributed by atoms with Gasteiger partial charge in [-0.3, -0.25) is 9.59 Å². The fourth-order valence-corrected chi connectivity index (χ4v) is 5.30. The van der Waals surface area contributed by atoms with E-state index in [-0.39, 0.29) is 17.6 Å². The van der Waals surface area contributed by atoms with Crippen LogP contribution in [-0.2, 0) is 16.0 Å². The number of amides is 2. The number of aryl methyl sites for hydroxylation is 1. The van der Waals surface area contributed by atoms with Gasteiger partial charge >= 0.3 is 0 Å². The number of nitrogens with one attached hydrogen (secondary N) is 2. The number of thioether (sulfide) groups is 1. The lowest BCUT2D eigenvalue weighted by Gasteiger charge is -2.07. The predicted molar refractivity (Wildman–Crippen MR) is 144 cm³/mol. The first-order valence-corrected chi connectivity index (χ1v) is 13.3. The molecule has 9 heteroatoms. The highest BCUT2D eigenvalue weighted by atomic mass is 35.5. The van der Waals surface area contributed by atoms with Crippen molar-refractivity contribution in [2.24, 2.45) is 0 Å². The van der Waals surface area contributed by atoms with E-state index >= 15 is 0 Å². The summed E-state index contributed by atoms with van der Waals surface area (Å²) in [5.74, 6) is 0.868. The van der Waals surface area contributed by atoms with Crippen molar-refractivity contribution in [3.63, 3.8) is 0 Å². The zero-order chi connectivity index (χ0) is 24.5. The SMILES string of the molecule is O=C(CSc1nc2ccc(NC(=O)CCc3ccccc3)cc2s1)NCCOc1ccc(Cl)cc1. The first-order chi connectivity index (χ1) is 17.0. The molecule has 0 aliphatic carbocycles. The Hall–Kier alpha value is -3.07. The van der Waals surface area contributed by atoms with E-state index in [2.05, 4.69) is 15.6 Å². The van der Waals surface area contributed by atoms with Gasteiger partial charge in [-0.2, -0.15) is 0 Å². The molecule has 0 unspecified atom stereocenters. The Labute approximate surface area is 217 Å². The molecule has 0 radical (unpaired) electrons. The molecule has 0 atom stereocenters. The highest BCUT2D eigenvalue weighted by Crippen LogP contribution is 2.31. The number of nitrogens with zero attached hydrogens (tertiary/aromatic N) is 1. The molecule has 3 aromatic carbocycles. The molecule has 0 fully saturated rings. The van der Waals surface area contributed by atoms with Crippen molar-refractivity contribution in [1.82, 2.24) is 10.3 Å². The summed E-state index contributed by atoms with van der Waals surface area (Å²) in [6.45, 7) is 0.786. The monoisotopic (exact) mass is 525 g/mol. The molecule has 0 spiro atoms. The van der Waals surface area contributed by atoms with Crippen LogP contribution in [0.3, 0.4) is 0 Å². The van der Waals surface area contributed by atoms with Crippen LogP contribution < -0.4 is 15.4 Å². The average molecular weight is 526 g/mol. The van der Waals surface area contributed by atoms with E-state index < -0.39 is 0 Å². The highest BCUT2D eigenvalue weighted by molar-refractivity contribution is 8.01. The molecule has 4 rings (SSSR count). The molecule has 4 aromatic rings. The summed E-state index contributed by atoms with van der Waals surface area (Å²) in [5, 5.41) is 6.45. The molecule has 6 nitrogen and oxygen atoms in total. The summed E-state index contributed by atoms with van der Waals surface area (Å²) in [4.78, 5) is 29.0. The van der Waals surface area contributed by atoms with E-state index in [9.17, 15) is 9.59 Å². The van der Waals surface area contributed by atoms with Crippen molar-refractivity contribution in [1.29, 1.82) is 0 Å². The number of hydrogen-bond donors (Lipinski definition) is 2. The molecule has 2 N–H and O–H groups in total. The maximum atomic E-state index is 12.3. The van der Waals surface area contributed by atoms with E-state index in [1.807, 2.05) is 48.5 Å². The second kappa shape index (κ2) is 12.6. The van der Waals surface area contributed by atoms with Crippen molar-refractivity contribution < 1.29 is 14.3 Å². The number of benzene rings is 3. The summed E-state index contributed by atoms with van der Waals surface area (Å²) >= 11 is 8.74. The third kappa shape index (κ3) is 7.99. The van der Waals surface area contributed by atoms with Crippen LogP contribution >= 0.6 is 34.7 Å². The average Bonchev–Trinajstić information content (AvgIpc) is 3.28. The van der Waals surface area contributed by atoms with Gasteiger partial charge < -0.3 is 15.4 Å². The maximum Gasteiger partial charge on any atom is 0.230 e. The van der Waals surface area contributed by atoms with Gasteiger partial charge in [0, 0.05) is 17.1 Å². The second-order valence-electron chi connectivity index (χ2n) is 7.64. The number of thiazole rings is 1. The predicted octanol–water partition coefficient (Wildman–Crippen LogP) is 5.81. The minimum atomic E-state index is -0.0830. The van der Waals surface area contributed by atoms with Crippen LogP contribution in [0.2, 0.25) is 5.02 Å². The Morgan fingerprint density at radius 2 is 1.80 bits per heavy atom. The van der Waals surface area contributed by atoms with Crippen LogP contribution in [0.4, 0.5) is 5.69 Å². The second-order valence-corrected chi connectivity index (χ2v) is 10.3. The molecular formula is C26H24ClN3O3S2. The normalized spacial score (nSPS) is 10.8. The summed E-state index contributed by atoms with van der Waals surface area (Å²) in [6.07, 6.45) is 1.12. The van der Waals surface area contributed by atoms with Crippen LogP contribution in [0.15, 0.2) is 77.1 Å². The molecule has 180 valence electrons. The first kappa shape index (κ1) is 25.0. The lowest BCUT2D eigenvalue weighted by molar-refractivity contribution is -0.118. The first-order valence-electron chi connectivity index (χ1n) is 11.1. The molecule has 0 bridgehead atoms. The highest BCUT2D eigenvalue weighted by Gasteiger charge is 2.10. The van der Waals surface area contributed by atoms with Gasteiger partial charge in [-0.05, 0) is 54.4 Å². The Morgan fingerprint density at radius 3 is 2.60 bits per heavy atom. The van der Waals surface area contributed by atoms with Gasteiger partial charge in [0.25, 0.3) is 0 Å². The van der Waals surface area contributed by atoms with Crippen LogP contribution in [0.5, 0.6) is 5.75 Å². The number of hydrogen-bond acceptors (Lipinski definition) is 6. The number of fused-ring (bicyclic) bond motifs is 1. The standard InChI is InChI=1S/C26H24ClN3O3S2/c27-19-7-10-21(11-8-19)33-15-14-28-25(32)17-34-26-30-22-12-9-20(16-23(22)35-26)29-24(31)13-6-18-4-2-1-3-5-18/h1-5,7-12,16H,6,13-15,17H2,(H,28,32)(H,29,31). The number of carbonyl (C=O) groups excluding carboxylic acids is 2. The molecule has 1 aromatic heterocycles. The molecule has 0 saturated carbocycles. The summed E-state index contributed by atoms with van der Waals surface area (Å²) in [5.41, 5.74) is 2.73. The molecule has 0 aliphatic heterocycles. The van der Waals surface area contributed by atoms with E-state index in [4.69, 9.17) is 16.3 Å². The lowest BCUT2D eigenvalue weighted by Crippen LogP contribution is -2.29. The van der Waals surface area contributed by atoms with E-state index in [0.29, 0.717) is 36.8 Å². The van der Waals surface area contributed by atoms with Crippen LogP contribution in [0.1, 0.15) is 12.0 Å². The quantitative estimate of drug-likeness (QED) is 0.191. The Kier molecular flexibility index (Phi) is 9.00. The molecule has 0 aliphatic rings. The zero-order valence-electron chi connectivity index (χ0n) is 18.8.